The van der Waals surface area contributed by atoms with Gasteiger partial charge >= 0.3 is 0 Å². The summed E-state index contributed by atoms with van der Waals surface area (Å²) in [7, 11) is 0. The van der Waals surface area contributed by atoms with E-state index in [1.54, 1.807) is 24.5 Å². The molecule has 0 amide bonds. The van der Waals surface area contributed by atoms with Gasteiger partial charge in [-0.25, -0.2) is 0 Å². The van der Waals surface area contributed by atoms with E-state index in [-0.39, 0.29) is 5.92 Å². The summed E-state index contributed by atoms with van der Waals surface area (Å²) < 4.78 is 0. The average Bonchev–Trinajstić information content (AvgIpc) is 2.30. The third-order valence-electron chi connectivity index (χ3n) is 2.88. The summed E-state index contributed by atoms with van der Waals surface area (Å²) >= 11 is 0. The topological polar surface area (TPSA) is 53.4 Å². The van der Waals surface area contributed by atoms with Crippen molar-refractivity contribution in [3.8, 4) is 0 Å². The van der Waals surface area contributed by atoms with Gasteiger partial charge in [-0.3, -0.25) is 4.98 Å². The van der Waals surface area contributed by atoms with Gasteiger partial charge in [-0.15, -0.1) is 0 Å². The third kappa shape index (κ3) is 3.01. The first-order chi connectivity index (χ1) is 7.20. The summed E-state index contributed by atoms with van der Waals surface area (Å²) in [6, 6.07) is 3.54. The lowest BCUT2D eigenvalue weighted by Crippen LogP contribution is -2.27. The highest BCUT2D eigenvalue weighted by molar-refractivity contribution is 5.13. The summed E-state index contributed by atoms with van der Waals surface area (Å²) in [6.45, 7) is 4.04. The summed E-state index contributed by atoms with van der Waals surface area (Å²) in [5.74, 6) is 0.139. The van der Waals surface area contributed by atoms with Crippen LogP contribution < -0.4 is 0 Å². The van der Waals surface area contributed by atoms with Gasteiger partial charge in [0.1, 0.15) is 6.10 Å². The Kier molecular flexibility index (Phi) is 4.72. The zero-order valence-corrected chi connectivity index (χ0v) is 9.30. The largest absolute Gasteiger partial charge is 0.390 e. The van der Waals surface area contributed by atoms with Crippen molar-refractivity contribution in [1.82, 2.24) is 4.98 Å². The fourth-order valence-corrected chi connectivity index (χ4v) is 1.78. The minimum Gasteiger partial charge on any atom is -0.390 e. The van der Waals surface area contributed by atoms with Crippen LogP contribution in [0.5, 0.6) is 0 Å². The summed E-state index contributed by atoms with van der Waals surface area (Å²) in [5.41, 5.74) is 0.678. The second-order valence-corrected chi connectivity index (χ2v) is 3.80. The SMILES string of the molecule is CCC(CC)C(O)C(O)c1cccnc1. The molecule has 0 aliphatic carbocycles. The number of hydrogen-bond acceptors (Lipinski definition) is 3. The highest BCUT2D eigenvalue weighted by Gasteiger charge is 2.24. The van der Waals surface area contributed by atoms with Gasteiger partial charge in [0.2, 0.25) is 0 Å². The predicted molar refractivity (Wildman–Crippen MR) is 59.3 cm³/mol. The predicted octanol–water partition coefficient (Wildman–Crippen LogP) is 1.91. The number of aliphatic hydroxyl groups excluding tert-OH is 2. The average molecular weight is 209 g/mol. The lowest BCUT2D eigenvalue weighted by Gasteiger charge is -2.24. The first-order valence-corrected chi connectivity index (χ1v) is 5.46. The first-order valence-electron chi connectivity index (χ1n) is 5.46. The summed E-state index contributed by atoms with van der Waals surface area (Å²) in [4.78, 5) is 3.93. The number of pyridine rings is 1. The fraction of sp³-hybridized carbons (Fsp3) is 0.583. The Labute approximate surface area is 90.8 Å². The van der Waals surface area contributed by atoms with Gasteiger partial charge in [-0.1, -0.05) is 32.8 Å². The number of rotatable bonds is 5. The van der Waals surface area contributed by atoms with E-state index < -0.39 is 12.2 Å². The molecule has 0 radical (unpaired) electrons. The third-order valence-corrected chi connectivity index (χ3v) is 2.88. The molecule has 15 heavy (non-hydrogen) atoms. The van der Waals surface area contributed by atoms with Gasteiger partial charge < -0.3 is 10.2 Å². The van der Waals surface area contributed by atoms with E-state index in [1.165, 1.54) is 0 Å². The molecule has 0 aromatic carbocycles. The minimum absolute atomic E-state index is 0.139. The lowest BCUT2D eigenvalue weighted by atomic mass is 9.90. The lowest BCUT2D eigenvalue weighted by molar-refractivity contribution is -0.0211. The molecule has 3 heteroatoms. The number of aromatic nitrogens is 1. The van der Waals surface area contributed by atoms with Gasteiger partial charge in [0, 0.05) is 18.0 Å². The minimum atomic E-state index is -0.830. The zero-order valence-electron chi connectivity index (χ0n) is 9.30. The number of aliphatic hydroxyl groups is 2. The maximum Gasteiger partial charge on any atom is 0.107 e. The van der Waals surface area contributed by atoms with Gasteiger partial charge in [0.25, 0.3) is 0 Å². The smallest absolute Gasteiger partial charge is 0.107 e. The molecule has 0 saturated heterocycles. The van der Waals surface area contributed by atoms with E-state index in [9.17, 15) is 10.2 Å². The van der Waals surface area contributed by atoms with Crippen LogP contribution >= 0.6 is 0 Å². The molecular formula is C12H19NO2. The molecular weight excluding hydrogens is 190 g/mol. The van der Waals surface area contributed by atoms with Crippen LogP contribution in [0.25, 0.3) is 0 Å². The Bertz CT molecular complexity index is 272. The molecule has 84 valence electrons. The molecule has 2 unspecified atom stereocenters. The highest BCUT2D eigenvalue weighted by Crippen LogP contribution is 2.25. The summed E-state index contributed by atoms with van der Waals surface area (Å²) in [5, 5.41) is 19.9. The Hall–Kier alpha value is -0.930. The van der Waals surface area contributed by atoms with Crippen LogP contribution in [0, 0.1) is 5.92 Å². The van der Waals surface area contributed by atoms with Crippen molar-refractivity contribution in [3.05, 3.63) is 30.1 Å². The maximum absolute atomic E-state index is 9.95. The zero-order chi connectivity index (χ0) is 11.3. The van der Waals surface area contributed by atoms with E-state index in [0.29, 0.717) is 5.56 Å². The molecule has 2 N–H and O–H groups in total. The van der Waals surface area contributed by atoms with Crippen molar-refractivity contribution in [3.63, 3.8) is 0 Å². The molecule has 0 fully saturated rings. The molecule has 0 aliphatic heterocycles. The van der Waals surface area contributed by atoms with E-state index in [4.69, 9.17) is 0 Å². The number of hydrogen-bond donors (Lipinski definition) is 2. The van der Waals surface area contributed by atoms with Crippen molar-refractivity contribution in [1.29, 1.82) is 0 Å². The molecule has 2 atom stereocenters. The van der Waals surface area contributed by atoms with E-state index in [1.807, 2.05) is 13.8 Å². The standard InChI is InChI=1S/C12H19NO2/c1-3-9(4-2)11(14)12(15)10-6-5-7-13-8-10/h5-9,11-12,14-15H,3-4H2,1-2H3. The molecule has 0 saturated carbocycles. The van der Waals surface area contributed by atoms with Crippen molar-refractivity contribution in [2.24, 2.45) is 5.92 Å². The van der Waals surface area contributed by atoms with Crippen molar-refractivity contribution in [2.75, 3.05) is 0 Å². The first kappa shape index (κ1) is 12.1. The van der Waals surface area contributed by atoms with Gasteiger partial charge in [0.05, 0.1) is 6.10 Å². The maximum atomic E-state index is 9.95. The van der Waals surface area contributed by atoms with Crippen molar-refractivity contribution in [2.45, 2.75) is 38.9 Å². The highest BCUT2D eigenvalue weighted by atomic mass is 16.3. The fourth-order valence-electron chi connectivity index (χ4n) is 1.78. The van der Waals surface area contributed by atoms with Gasteiger partial charge in [-0.05, 0) is 12.0 Å². The Morgan fingerprint density at radius 1 is 1.27 bits per heavy atom. The molecule has 0 aliphatic rings. The monoisotopic (exact) mass is 209 g/mol. The molecule has 1 heterocycles. The van der Waals surface area contributed by atoms with E-state index >= 15 is 0 Å². The normalized spacial score (nSPS) is 15.3. The Morgan fingerprint density at radius 3 is 2.40 bits per heavy atom. The van der Waals surface area contributed by atoms with Gasteiger partial charge in [0.15, 0.2) is 0 Å². The van der Waals surface area contributed by atoms with Crippen LogP contribution in [-0.2, 0) is 0 Å². The van der Waals surface area contributed by atoms with Gasteiger partial charge in [-0.2, -0.15) is 0 Å². The molecule has 0 spiro atoms. The van der Waals surface area contributed by atoms with Crippen LogP contribution in [0.2, 0.25) is 0 Å². The Balaban J connectivity index is 2.71. The van der Waals surface area contributed by atoms with Crippen LogP contribution in [0.1, 0.15) is 38.4 Å². The molecule has 0 bridgehead atoms. The van der Waals surface area contributed by atoms with Crippen LogP contribution in [0.3, 0.4) is 0 Å². The number of nitrogens with zero attached hydrogens (tertiary/aromatic N) is 1. The molecule has 1 aromatic rings. The van der Waals surface area contributed by atoms with Crippen LogP contribution in [0.15, 0.2) is 24.5 Å². The second kappa shape index (κ2) is 5.83. The van der Waals surface area contributed by atoms with E-state index in [2.05, 4.69) is 4.98 Å². The van der Waals surface area contributed by atoms with Crippen LogP contribution in [-0.4, -0.2) is 21.3 Å². The summed E-state index contributed by atoms with van der Waals surface area (Å²) in [6.07, 6.45) is 3.45. The molecule has 3 nitrogen and oxygen atoms in total. The Morgan fingerprint density at radius 2 is 1.93 bits per heavy atom. The quantitative estimate of drug-likeness (QED) is 0.779. The second-order valence-electron chi connectivity index (χ2n) is 3.80. The van der Waals surface area contributed by atoms with Crippen LogP contribution in [0.4, 0.5) is 0 Å². The van der Waals surface area contributed by atoms with E-state index in [0.717, 1.165) is 12.8 Å². The molecule has 1 rings (SSSR count). The van der Waals surface area contributed by atoms with Crippen molar-refractivity contribution >= 4 is 0 Å². The van der Waals surface area contributed by atoms with Crippen molar-refractivity contribution < 1.29 is 10.2 Å². The molecule has 1 aromatic heterocycles.